The number of ketones is 1. The molecule has 0 unspecified atom stereocenters. The van der Waals surface area contributed by atoms with Gasteiger partial charge in [-0.05, 0) is 61.0 Å². The molecule has 0 spiro atoms. The number of anilines is 1. The van der Waals surface area contributed by atoms with Crippen LogP contribution >= 0.6 is 11.3 Å². The second-order valence-corrected chi connectivity index (χ2v) is 9.15. The Morgan fingerprint density at radius 3 is 2.31 bits per heavy atom. The SMILES string of the molecule is COc1ccc(/C(O)=C2\C(=O)C(=O)N(c3nnc(C)s3)[C@@H]2c2cccc(Oc3ccccc3)c2)cc1. The number of Topliss-reactive ketones (excluding diaryl/α,β-unsaturated/α-hetero) is 1. The predicted octanol–water partition coefficient (Wildman–Crippen LogP) is 5.27. The summed E-state index contributed by atoms with van der Waals surface area (Å²) in [5.74, 6) is -0.141. The summed E-state index contributed by atoms with van der Waals surface area (Å²) >= 11 is 1.19. The van der Waals surface area contributed by atoms with E-state index in [0.29, 0.717) is 33.4 Å². The quantitative estimate of drug-likeness (QED) is 0.219. The number of para-hydroxylation sites is 1. The maximum absolute atomic E-state index is 13.3. The van der Waals surface area contributed by atoms with Crippen molar-refractivity contribution in [3.8, 4) is 17.2 Å². The zero-order chi connectivity index (χ0) is 25.2. The van der Waals surface area contributed by atoms with Gasteiger partial charge in [0.25, 0.3) is 5.78 Å². The largest absolute Gasteiger partial charge is 0.507 e. The highest BCUT2D eigenvalue weighted by Gasteiger charge is 2.48. The number of aliphatic hydroxyl groups is 1. The molecule has 1 atom stereocenters. The summed E-state index contributed by atoms with van der Waals surface area (Å²) in [6.07, 6.45) is 0. The average Bonchev–Trinajstić information content (AvgIpc) is 3.44. The first-order chi connectivity index (χ1) is 17.5. The number of aromatic nitrogens is 2. The van der Waals surface area contributed by atoms with E-state index >= 15 is 0 Å². The van der Waals surface area contributed by atoms with Gasteiger partial charge in [-0.1, -0.05) is 41.7 Å². The van der Waals surface area contributed by atoms with E-state index in [4.69, 9.17) is 9.47 Å². The van der Waals surface area contributed by atoms with Crippen molar-refractivity contribution in [1.29, 1.82) is 0 Å². The molecule has 1 aliphatic rings. The molecule has 4 aromatic rings. The molecule has 0 bridgehead atoms. The van der Waals surface area contributed by atoms with Crippen molar-refractivity contribution in [3.05, 3.63) is 101 Å². The summed E-state index contributed by atoms with van der Waals surface area (Å²) in [7, 11) is 1.54. The van der Waals surface area contributed by atoms with Gasteiger partial charge in [-0.2, -0.15) is 0 Å². The molecule has 0 radical (unpaired) electrons. The highest BCUT2D eigenvalue weighted by Crippen LogP contribution is 2.43. The Morgan fingerprint density at radius 1 is 0.917 bits per heavy atom. The summed E-state index contributed by atoms with van der Waals surface area (Å²) in [5, 5.41) is 20.3. The smallest absolute Gasteiger partial charge is 0.301 e. The minimum absolute atomic E-state index is 0.0464. The van der Waals surface area contributed by atoms with E-state index in [1.54, 1.807) is 55.5 Å². The Morgan fingerprint density at radius 2 is 1.64 bits per heavy atom. The maximum atomic E-state index is 13.3. The predicted molar refractivity (Wildman–Crippen MR) is 135 cm³/mol. The number of amides is 1. The van der Waals surface area contributed by atoms with Crippen molar-refractivity contribution in [2.75, 3.05) is 12.0 Å². The number of nitrogens with zero attached hydrogens (tertiary/aromatic N) is 3. The average molecular weight is 500 g/mol. The Bertz CT molecular complexity index is 1460. The Hall–Kier alpha value is -4.50. The van der Waals surface area contributed by atoms with Crippen LogP contribution in [0.2, 0.25) is 0 Å². The van der Waals surface area contributed by atoms with Crippen LogP contribution in [0.15, 0.2) is 84.4 Å². The monoisotopic (exact) mass is 499 g/mol. The molecule has 1 amide bonds. The maximum Gasteiger partial charge on any atom is 0.301 e. The van der Waals surface area contributed by atoms with Crippen LogP contribution in [0, 0.1) is 6.92 Å². The van der Waals surface area contributed by atoms with Crippen molar-refractivity contribution in [1.82, 2.24) is 10.2 Å². The van der Waals surface area contributed by atoms with Crippen LogP contribution in [-0.2, 0) is 9.59 Å². The number of aryl methyl sites for hydroxylation is 1. The first-order valence-electron chi connectivity index (χ1n) is 11.0. The summed E-state index contributed by atoms with van der Waals surface area (Å²) in [4.78, 5) is 27.8. The molecule has 1 aliphatic heterocycles. The van der Waals surface area contributed by atoms with Crippen molar-refractivity contribution < 1.29 is 24.2 Å². The summed E-state index contributed by atoms with van der Waals surface area (Å²) in [6.45, 7) is 1.76. The second-order valence-electron chi connectivity index (χ2n) is 7.99. The number of carbonyl (C=O) groups excluding carboxylic acids is 2. The van der Waals surface area contributed by atoms with E-state index in [2.05, 4.69) is 10.2 Å². The first kappa shape index (κ1) is 23.3. The van der Waals surface area contributed by atoms with Gasteiger partial charge < -0.3 is 14.6 Å². The van der Waals surface area contributed by atoms with Crippen molar-refractivity contribution in [2.24, 2.45) is 0 Å². The van der Waals surface area contributed by atoms with E-state index in [1.165, 1.54) is 23.3 Å². The summed E-state index contributed by atoms with van der Waals surface area (Å²) in [6, 6.07) is 22.0. The lowest BCUT2D eigenvalue weighted by molar-refractivity contribution is -0.132. The molecule has 9 heteroatoms. The molecule has 1 saturated heterocycles. The topological polar surface area (TPSA) is 102 Å². The van der Waals surface area contributed by atoms with Gasteiger partial charge in [0, 0.05) is 5.56 Å². The molecule has 0 aliphatic carbocycles. The van der Waals surface area contributed by atoms with Gasteiger partial charge in [0.1, 0.15) is 28.0 Å². The number of benzene rings is 3. The molecule has 1 N–H and O–H groups in total. The third-order valence-corrected chi connectivity index (χ3v) is 6.52. The molecule has 3 aromatic carbocycles. The number of ether oxygens (including phenoxy) is 2. The third kappa shape index (κ3) is 4.32. The van der Waals surface area contributed by atoms with Gasteiger partial charge in [-0.3, -0.25) is 14.5 Å². The molecule has 0 saturated carbocycles. The molecule has 5 rings (SSSR count). The zero-order valence-corrected chi connectivity index (χ0v) is 20.2. The minimum atomic E-state index is -0.932. The normalized spacial score (nSPS) is 16.8. The first-order valence-corrected chi connectivity index (χ1v) is 11.9. The van der Waals surface area contributed by atoms with E-state index in [-0.39, 0.29) is 16.5 Å². The molecule has 36 heavy (non-hydrogen) atoms. The van der Waals surface area contributed by atoms with E-state index in [0.717, 1.165) is 0 Å². The number of hydrogen-bond donors (Lipinski definition) is 1. The van der Waals surface area contributed by atoms with Gasteiger partial charge >= 0.3 is 5.91 Å². The Kier molecular flexibility index (Phi) is 6.22. The van der Waals surface area contributed by atoms with E-state index in [9.17, 15) is 14.7 Å². The molecule has 2 heterocycles. The number of hydrogen-bond acceptors (Lipinski definition) is 8. The van der Waals surface area contributed by atoms with Crippen LogP contribution in [0.1, 0.15) is 22.2 Å². The standard InChI is InChI=1S/C27H21N3O5S/c1-16-28-29-27(36-16)30-23(18-7-6-10-21(15-18)35-20-8-4-3-5-9-20)22(25(32)26(30)33)24(31)17-11-13-19(34-2)14-12-17/h3-15,23,31H,1-2H3/b24-22+/t23-/m1/s1. The molecule has 180 valence electrons. The summed E-state index contributed by atoms with van der Waals surface area (Å²) in [5.41, 5.74) is 0.907. The van der Waals surface area contributed by atoms with Crippen molar-refractivity contribution in [2.45, 2.75) is 13.0 Å². The number of methoxy groups -OCH3 is 1. The van der Waals surface area contributed by atoms with Crippen LogP contribution in [0.3, 0.4) is 0 Å². The fourth-order valence-electron chi connectivity index (χ4n) is 4.01. The van der Waals surface area contributed by atoms with Crippen LogP contribution in [0.5, 0.6) is 17.2 Å². The van der Waals surface area contributed by atoms with Crippen molar-refractivity contribution >= 4 is 33.9 Å². The Balaban J connectivity index is 1.64. The van der Waals surface area contributed by atoms with Gasteiger partial charge in [0.05, 0.1) is 18.7 Å². The molecular weight excluding hydrogens is 478 g/mol. The van der Waals surface area contributed by atoms with Gasteiger partial charge in [0.15, 0.2) is 0 Å². The highest BCUT2D eigenvalue weighted by atomic mass is 32.1. The third-order valence-electron chi connectivity index (χ3n) is 5.68. The molecular formula is C27H21N3O5S. The van der Waals surface area contributed by atoms with Gasteiger partial charge in [0.2, 0.25) is 5.13 Å². The minimum Gasteiger partial charge on any atom is -0.507 e. The second kappa shape index (κ2) is 9.63. The molecule has 1 fully saturated rings. The summed E-state index contributed by atoms with van der Waals surface area (Å²) < 4.78 is 11.2. The van der Waals surface area contributed by atoms with E-state index in [1.807, 2.05) is 30.3 Å². The molecule has 8 nitrogen and oxygen atoms in total. The lowest BCUT2D eigenvalue weighted by Crippen LogP contribution is -2.29. The lowest BCUT2D eigenvalue weighted by atomic mass is 9.95. The zero-order valence-electron chi connectivity index (χ0n) is 19.4. The van der Waals surface area contributed by atoms with Crippen LogP contribution in [0.25, 0.3) is 5.76 Å². The van der Waals surface area contributed by atoms with Gasteiger partial charge in [-0.15, -0.1) is 10.2 Å². The highest BCUT2D eigenvalue weighted by molar-refractivity contribution is 7.15. The number of aliphatic hydroxyl groups excluding tert-OH is 1. The van der Waals surface area contributed by atoms with Crippen LogP contribution in [0.4, 0.5) is 5.13 Å². The van der Waals surface area contributed by atoms with E-state index < -0.39 is 17.7 Å². The lowest BCUT2D eigenvalue weighted by Gasteiger charge is -2.23. The van der Waals surface area contributed by atoms with Gasteiger partial charge in [-0.25, -0.2) is 0 Å². The number of carbonyl (C=O) groups is 2. The van der Waals surface area contributed by atoms with Crippen molar-refractivity contribution in [3.63, 3.8) is 0 Å². The van der Waals surface area contributed by atoms with Crippen LogP contribution in [-0.4, -0.2) is 34.1 Å². The fraction of sp³-hybridized carbons (Fsp3) is 0.111. The number of rotatable bonds is 6. The fourth-order valence-corrected chi connectivity index (χ4v) is 4.72. The Labute approximate surface area is 211 Å². The molecule has 1 aromatic heterocycles. The van der Waals surface area contributed by atoms with Crippen LogP contribution < -0.4 is 14.4 Å².